The first kappa shape index (κ1) is 15.8. The molecule has 0 saturated carbocycles. The van der Waals surface area contributed by atoms with Gasteiger partial charge >= 0.3 is 5.69 Å². The van der Waals surface area contributed by atoms with Crippen molar-refractivity contribution in [3.63, 3.8) is 0 Å². The number of benzene rings is 2. The van der Waals surface area contributed by atoms with Crippen molar-refractivity contribution in [3.8, 4) is 11.5 Å². The zero-order valence-electron chi connectivity index (χ0n) is 10.9. The zero-order valence-corrected chi connectivity index (χ0v) is 13.3. The first-order chi connectivity index (χ1) is 9.88. The Hall–Kier alpha value is -1.63. The fourth-order valence-corrected chi connectivity index (χ4v) is 2.34. The normalized spacial score (nSPS) is 12.0. The van der Waals surface area contributed by atoms with Crippen molar-refractivity contribution >= 4 is 33.2 Å². The van der Waals surface area contributed by atoms with Gasteiger partial charge < -0.3 is 9.84 Å². The van der Waals surface area contributed by atoms with E-state index in [2.05, 4.69) is 15.9 Å². The molecular weight excluding hydrogens is 362 g/mol. The monoisotopic (exact) mass is 371 g/mol. The van der Waals surface area contributed by atoms with Gasteiger partial charge in [-0.05, 0) is 46.6 Å². The SMILES string of the molecule is CC(O)c1ccc(Oc2cc(Cl)ccc2[N+](=O)[O-])c(Br)c1. The van der Waals surface area contributed by atoms with Crippen molar-refractivity contribution in [1.29, 1.82) is 0 Å². The molecule has 2 aromatic carbocycles. The van der Waals surface area contributed by atoms with Gasteiger partial charge in [-0.15, -0.1) is 0 Å². The Morgan fingerprint density at radius 1 is 1.29 bits per heavy atom. The Labute approximate surface area is 134 Å². The summed E-state index contributed by atoms with van der Waals surface area (Å²) in [4.78, 5) is 10.5. The fraction of sp³-hybridized carbons (Fsp3) is 0.143. The Balaban J connectivity index is 2.38. The van der Waals surface area contributed by atoms with Gasteiger partial charge in [0.25, 0.3) is 0 Å². The third-order valence-electron chi connectivity index (χ3n) is 2.78. The van der Waals surface area contributed by atoms with Crippen LogP contribution in [-0.2, 0) is 0 Å². The van der Waals surface area contributed by atoms with Crippen molar-refractivity contribution in [2.75, 3.05) is 0 Å². The van der Waals surface area contributed by atoms with Gasteiger partial charge in [0.2, 0.25) is 5.75 Å². The van der Waals surface area contributed by atoms with Crippen LogP contribution in [0.2, 0.25) is 5.02 Å². The molecule has 2 aromatic rings. The number of rotatable bonds is 4. The number of aliphatic hydroxyl groups excluding tert-OH is 1. The van der Waals surface area contributed by atoms with E-state index in [1.165, 1.54) is 18.2 Å². The average molecular weight is 373 g/mol. The van der Waals surface area contributed by atoms with Gasteiger partial charge in [-0.1, -0.05) is 17.7 Å². The number of hydrogen-bond donors (Lipinski definition) is 1. The van der Waals surface area contributed by atoms with Crippen LogP contribution in [0.25, 0.3) is 0 Å². The van der Waals surface area contributed by atoms with Crippen LogP contribution in [0.5, 0.6) is 11.5 Å². The summed E-state index contributed by atoms with van der Waals surface area (Å²) in [5.41, 5.74) is 0.528. The van der Waals surface area contributed by atoms with E-state index in [4.69, 9.17) is 16.3 Å². The molecule has 2 rings (SSSR count). The van der Waals surface area contributed by atoms with Gasteiger partial charge in [-0.2, -0.15) is 0 Å². The maximum absolute atomic E-state index is 11.0. The summed E-state index contributed by atoms with van der Waals surface area (Å²) in [7, 11) is 0. The summed E-state index contributed by atoms with van der Waals surface area (Å²) in [5.74, 6) is 0.447. The van der Waals surface area contributed by atoms with Gasteiger partial charge in [0, 0.05) is 17.2 Å². The number of aliphatic hydroxyl groups is 1. The van der Waals surface area contributed by atoms with Gasteiger partial charge in [-0.25, -0.2) is 0 Å². The minimum atomic E-state index is -0.615. The molecular formula is C14H11BrClNO4. The molecule has 0 spiro atoms. The molecule has 0 fully saturated rings. The molecule has 0 aromatic heterocycles. The number of nitrogens with zero attached hydrogens (tertiary/aromatic N) is 1. The number of ether oxygens (including phenoxy) is 1. The molecule has 1 N–H and O–H groups in total. The van der Waals surface area contributed by atoms with E-state index >= 15 is 0 Å². The lowest BCUT2D eigenvalue weighted by molar-refractivity contribution is -0.385. The molecule has 0 aliphatic carbocycles. The number of nitro benzene ring substituents is 1. The lowest BCUT2D eigenvalue weighted by atomic mass is 10.1. The third kappa shape index (κ3) is 3.72. The molecule has 5 nitrogen and oxygen atoms in total. The van der Waals surface area contributed by atoms with Crippen LogP contribution in [0.3, 0.4) is 0 Å². The van der Waals surface area contributed by atoms with Crippen LogP contribution >= 0.6 is 27.5 Å². The van der Waals surface area contributed by atoms with Gasteiger partial charge in [0.1, 0.15) is 5.75 Å². The zero-order chi connectivity index (χ0) is 15.6. The fourth-order valence-electron chi connectivity index (χ4n) is 1.70. The number of nitro groups is 1. The summed E-state index contributed by atoms with van der Waals surface area (Å²) >= 11 is 9.16. The van der Waals surface area contributed by atoms with E-state index in [1.54, 1.807) is 25.1 Å². The molecule has 110 valence electrons. The molecule has 1 atom stereocenters. The second kappa shape index (κ2) is 6.43. The van der Waals surface area contributed by atoms with Crippen molar-refractivity contribution in [2.24, 2.45) is 0 Å². The van der Waals surface area contributed by atoms with E-state index in [0.29, 0.717) is 20.8 Å². The lowest BCUT2D eigenvalue weighted by Crippen LogP contribution is -1.95. The minimum Gasteiger partial charge on any atom is -0.449 e. The first-order valence-corrected chi connectivity index (χ1v) is 7.15. The van der Waals surface area contributed by atoms with Crippen LogP contribution in [0.15, 0.2) is 40.9 Å². The summed E-state index contributed by atoms with van der Waals surface area (Å²) < 4.78 is 6.14. The molecule has 0 saturated heterocycles. The van der Waals surface area contributed by atoms with Crippen LogP contribution in [-0.4, -0.2) is 10.0 Å². The Bertz CT molecular complexity index is 691. The highest BCUT2D eigenvalue weighted by Gasteiger charge is 2.17. The standard InChI is InChI=1S/C14H11BrClNO4/c1-8(18)9-2-5-13(11(15)6-9)21-14-7-10(16)3-4-12(14)17(19)20/h2-8,18H,1H3. The van der Waals surface area contributed by atoms with E-state index in [1.807, 2.05) is 0 Å². The summed E-state index contributed by atoms with van der Waals surface area (Å²) in [5, 5.41) is 20.8. The Morgan fingerprint density at radius 2 is 2.00 bits per heavy atom. The molecule has 0 bridgehead atoms. The second-order valence-electron chi connectivity index (χ2n) is 4.34. The molecule has 0 amide bonds. The van der Waals surface area contributed by atoms with Crippen molar-refractivity contribution < 1.29 is 14.8 Å². The quantitative estimate of drug-likeness (QED) is 0.614. The van der Waals surface area contributed by atoms with Crippen LogP contribution in [0, 0.1) is 10.1 Å². The van der Waals surface area contributed by atoms with E-state index in [9.17, 15) is 15.2 Å². The summed E-state index contributed by atoms with van der Waals surface area (Å²) in [6, 6.07) is 9.09. The van der Waals surface area contributed by atoms with Crippen molar-refractivity contribution in [1.82, 2.24) is 0 Å². The highest BCUT2D eigenvalue weighted by Crippen LogP contribution is 2.37. The molecule has 1 unspecified atom stereocenters. The van der Waals surface area contributed by atoms with E-state index < -0.39 is 11.0 Å². The average Bonchev–Trinajstić information content (AvgIpc) is 2.40. The number of halogens is 2. The van der Waals surface area contributed by atoms with Gasteiger partial charge in [-0.3, -0.25) is 10.1 Å². The third-order valence-corrected chi connectivity index (χ3v) is 3.63. The van der Waals surface area contributed by atoms with Crippen molar-refractivity contribution in [3.05, 3.63) is 61.6 Å². The maximum Gasteiger partial charge on any atom is 0.311 e. The summed E-state index contributed by atoms with van der Waals surface area (Å²) in [6.07, 6.45) is -0.615. The minimum absolute atomic E-state index is 0.0537. The molecule has 0 heterocycles. The molecule has 0 radical (unpaired) electrons. The van der Waals surface area contributed by atoms with Gasteiger partial charge in [0.05, 0.1) is 15.5 Å². The van der Waals surface area contributed by atoms with E-state index in [0.717, 1.165) is 0 Å². The van der Waals surface area contributed by atoms with Gasteiger partial charge in [0.15, 0.2) is 0 Å². The van der Waals surface area contributed by atoms with Crippen LogP contribution in [0.4, 0.5) is 5.69 Å². The Morgan fingerprint density at radius 3 is 2.57 bits per heavy atom. The highest BCUT2D eigenvalue weighted by molar-refractivity contribution is 9.10. The summed E-state index contributed by atoms with van der Waals surface area (Å²) in [6.45, 7) is 1.64. The van der Waals surface area contributed by atoms with Crippen molar-refractivity contribution in [2.45, 2.75) is 13.0 Å². The lowest BCUT2D eigenvalue weighted by Gasteiger charge is -2.11. The predicted molar refractivity (Wildman–Crippen MR) is 83.0 cm³/mol. The second-order valence-corrected chi connectivity index (χ2v) is 5.63. The maximum atomic E-state index is 11.0. The number of hydrogen-bond acceptors (Lipinski definition) is 4. The smallest absolute Gasteiger partial charge is 0.311 e. The predicted octanol–water partition coefficient (Wildman–Crippen LogP) is 4.86. The topological polar surface area (TPSA) is 72.6 Å². The highest BCUT2D eigenvalue weighted by atomic mass is 79.9. The molecule has 0 aliphatic heterocycles. The molecule has 0 aliphatic rings. The van der Waals surface area contributed by atoms with E-state index in [-0.39, 0.29) is 11.4 Å². The van der Waals surface area contributed by atoms with Crippen LogP contribution < -0.4 is 4.74 Å². The molecule has 21 heavy (non-hydrogen) atoms. The first-order valence-electron chi connectivity index (χ1n) is 5.98. The van der Waals surface area contributed by atoms with Crippen LogP contribution in [0.1, 0.15) is 18.6 Å². The molecule has 7 heteroatoms. The largest absolute Gasteiger partial charge is 0.449 e. The Kier molecular flexibility index (Phi) is 4.82.